The molecule has 3 N–H and O–H groups in total. The van der Waals surface area contributed by atoms with Crippen molar-refractivity contribution in [1.29, 1.82) is 0 Å². The van der Waals surface area contributed by atoms with Crippen molar-refractivity contribution in [3.63, 3.8) is 0 Å². The molecule has 3 atom stereocenters. The van der Waals surface area contributed by atoms with E-state index >= 15 is 0 Å². The molecular weight excluding hydrogens is 426 g/mol. The number of carbonyl (C=O) groups is 3. The summed E-state index contributed by atoms with van der Waals surface area (Å²) in [6.45, 7) is 11.6. The SMILES string of the molecule is CCC(C(=O)NC(CSCC=C(C)CCC=C(C)CCC=C(C)C)C(=O)O)C(C)C(=O)O. The molecule has 0 saturated carbocycles. The number of carboxylic acid groups (broad SMARTS) is 2. The van der Waals surface area contributed by atoms with Gasteiger partial charge in [0, 0.05) is 11.5 Å². The standard InChI is InChI=1S/C25H41NO5S/c1-7-21(20(6)24(28)29)23(27)26-22(25(30)31)16-32-15-14-19(5)13-9-12-18(4)11-8-10-17(2)3/h10,12,14,20-22H,7-9,11,13,15-16H2,1-6H3,(H,26,27)(H,28,29)(H,30,31). The van der Waals surface area contributed by atoms with Crippen LogP contribution in [0, 0.1) is 11.8 Å². The lowest BCUT2D eigenvalue weighted by atomic mass is 9.90. The van der Waals surface area contributed by atoms with E-state index in [1.807, 2.05) is 0 Å². The van der Waals surface area contributed by atoms with Crippen LogP contribution in [-0.4, -0.2) is 45.6 Å². The summed E-state index contributed by atoms with van der Waals surface area (Å²) in [5.74, 6) is -3.42. The second-order valence-corrected chi connectivity index (χ2v) is 9.61. The average molecular weight is 468 g/mol. The summed E-state index contributed by atoms with van der Waals surface area (Å²) >= 11 is 1.44. The molecule has 0 rings (SSSR count). The molecular formula is C25H41NO5S. The number of amides is 1. The third-order valence-electron chi connectivity index (χ3n) is 5.34. The number of hydrogen-bond donors (Lipinski definition) is 3. The molecule has 0 heterocycles. The Hall–Kier alpha value is -2.02. The zero-order chi connectivity index (χ0) is 24.7. The molecule has 1 amide bonds. The Kier molecular flexibility index (Phi) is 15.5. The van der Waals surface area contributed by atoms with E-state index in [0.29, 0.717) is 12.2 Å². The minimum atomic E-state index is -1.11. The summed E-state index contributed by atoms with van der Waals surface area (Å²) in [5.41, 5.74) is 3.99. The molecule has 0 aliphatic heterocycles. The number of carbonyl (C=O) groups excluding carboxylic acids is 1. The minimum absolute atomic E-state index is 0.228. The zero-order valence-electron chi connectivity index (χ0n) is 20.4. The van der Waals surface area contributed by atoms with Gasteiger partial charge in [0.25, 0.3) is 0 Å². The quantitative estimate of drug-likeness (QED) is 0.206. The van der Waals surface area contributed by atoms with Crippen molar-refractivity contribution in [2.24, 2.45) is 11.8 Å². The largest absolute Gasteiger partial charge is 0.481 e. The lowest BCUT2D eigenvalue weighted by molar-refractivity contribution is -0.147. The summed E-state index contributed by atoms with van der Waals surface area (Å²) in [6, 6.07) is -1.04. The van der Waals surface area contributed by atoms with Gasteiger partial charge in [-0.05, 0) is 59.8 Å². The van der Waals surface area contributed by atoms with Crippen LogP contribution in [0.25, 0.3) is 0 Å². The molecule has 0 radical (unpaired) electrons. The number of rotatable bonds is 16. The number of aliphatic carboxylic acids is 2. The first-order valence-corrected chi connectivity index (χ1v) is 12.4. The van der Waals surface area contributed by atoms with Gasteiger partial charge in [-0.2, -0.15) is 11.8 Å². The molecule has 0 aromatic heterocycles. The maximum Gasteiger partial charge on any atom is 0.327 e. The Morgan fingerprint density at radius 3 is 1.97 bits per heavy atom. The van der Waals surface area contributed by atoms with Gasteiger partial charge in [-0.1, -0.05) is 48.8 Å². The smallest absolute Gasteiger partial charge is 0.327 e. The first kappa shape index (κ1) is 30.0. The van der Waals surface area contributed by atoms with Gasteiger partial charge in [-0.3, -0.25) is 9.59 Å². The van der Waals surface area contributed by atoms with Gasteiger partial charge in [-0.15, -0.1) is 0 Å². The molecule has 0 aliphatic carbocycles. The molecule has 0 aromatic carbocycles. The van der Waals surface area contributed by atoms with E-state index in [4.69, 9.17) is 5.11 Å². The maximum absolute atomic E-state index is 12.4. The third-order valence-corrected chi connectivity index (χ3v) is 6.31. The van der Waals surface area contributed by atoms with E-state index in [1.54, 1.807) is 6.92 Å². The molecule has 7 heteroatoms. The Bertz CT molecular complexity index is 707. The van der Waals surface area contributed by atoms with Crippen LogP contribution < -0.4 is 5.32 Å². The Balaban J connectivity index is 4.50. The van der Waals surface area contributed by atoms with Crippen molar-refractivity contribution in [2.45, 2.75) is 79.7 Å². The van der Waals surface area contributed by atoms with Crippen molar-refractivity contribution >= 4 is 29.6 Å². The Morgan fingerprint density at radius 1 is 0.906 bits per heavy atom. The normalized spacial score (nSPS) is 14.9. The van der Waals surface area contributed by atoms with Gasteiger partial charge in [0.1, 0.15) is 6.04 Å². The Labute approximate surface area is 197 Å². The summed E-state index contributed by atoms with van der Waals surface area (Å²) in [6.07, 6.45) is 11.1. The fourth-order valence-electron chi connectivity index (χ4n) is 3.12. The molecule has 0 fully saturated rings. The van der Waals surface area contributed by atoms with Gasteiger partial charge in [0.2, 0.25) is 5.91 Å². The number of thioether (sulfide) groups is 1. The highest BCUT2D eigenvalue weighted by Crippen LogP contribution is 2.17. The molecule has 0 saturated heterocycles. The van der Waals surface area contributed by atoms with Crippen LogP contribution >= 0.6 is 11.8 Å². The molecule has 182 valence electrons. The molecule has 0 aromatic rings. The number of allylic oxidation sites excluding steroid dienone is 5. The van der Waals surface area contributed by atoms with Crippen LogP contribution in [0.2, 0.25) is 0 Å². The van der Waals surface area contributed by atoms with Crippen LogP contribution in [0.5, 0.6) is 0 Å². The van der Waals surface area contributed by atoms with Crippen molar-refractivity contribution in [3.8, 4) is 0 Å². The van der Waals surface area contributed by atoms with E-state index in [2.05, 4.69) is 51.2 Å². The van der Waals surface area contributed by atoms with Crippen molar-refractivity contribution in [1.82, 2.24) is 5.32 Å². The fraction of sp³-hybridized carbons (Fsp3) is 0.640. The fourth-order valence-corrected chi connectivity index (χ4v) is 4.12. The van der Waals surface area contributed by atoms with Crippen molar-refractivity contribution in [3.05, 3.63) is 34.9 Å². The molecule has 0 aliphatic rings. The second-order valence-electron chi connectivity index (χ2n) is 8.54. The topological polar surface area (TPSA) is 104 Å². The average Bonchev–Trinajstić information content (AvgIpc) is 2.70. The molecule has 32 heavy (non-hydrogen) atoms. The number of carboxylic acids is 2. The van der Waals surface area contributed by atoms with Gasteiger partial charge in [-0.25, -0.2) is 4.79 Å². The first-order chi connectivity index (χ1) is 15.0. The molecule has 0 bridgehead atoms. The summed E-state index contributed by atoms with van der Waals surface area (Å²) in [4.78, 5) is 35.1. The van der Waals surface area contributed by atoms with Crippen LogP contribution in [0.4, 0.5) is 0 Å². The van der Waals surface area contributed by atoms with Crippen LogP contribution in [-0.2, 0) is 14.4 Å². The first-order valence-electron chi connectivity index (χ1n) is 11.3. The van der Waals surface area contributed by atoms with E-state index in [9.17, 15) is 19.5 Å². The van der Waals surface area contributed by atoms with Gasteiger partial charge in [0.15, 0.2) is 0 Å². The van der Waals surface area contributed by atoms with Crippen LogP contribution in [0.15, 0.2) is 34.9 Å². The molecule has 3 unspecified atom stereocenters. The molecule has 0 spiro atoms. The minimum Gasteiger partial charge on any atom is -0.481 e. The number of nitrogens with one attached hydrogen (secondary N) is 1. The van der Waals surface area contributed by atoms with Crippen LogP contribution in [0.3, 0.4) is 0 Å². The van der Waals surface area contributed by atoms with E-state index in [0.717, 1.165) is 25.7 Å². The summed E-state index contributed by atoms with van der Waals surface area (Å²) in [5, 5.41) is 21.1. The van der Waals surface area contributed by atoms with Gasteiger partial charge in [0.05, 0.1) is 11.8 Å². The zero-order valence-corrected chi connectivity index (χ0v) is 21.3. The van der Waals surface area contributed by atoms with Gasteiger partial charge < -0.3 is 15.5 Å². The third kappa shape index (κ3) is 13.4. The highest BCUT2D eigenvalue weighted by molar-refractivity contribution is 7.99. The number of hydrogen-bond acceptors (Lipinski definition) is 4. The van der Waals surface area contributed by atoms with Crippen LogP contribution in [0.1, 0.15) is 73.6 Å². The van der Waals surface area contributed by atoms with Gasteiger partial charge >= 0.3 is 11.9 Å². The lowest BCUT2D eigenvalue weighted by Crippen LogP contribution is -2.47. The predicted octanol–water partition coefficient (Wildman–Crippen LogP) is 5.46. The highest BCUT2D eigenvalue weighted by Gasteiger charge is 2.31. The Morgan fingerprint density at radius 2 is 1.47 bits per heavy atom. The molecule has 6 nitrogen and oxygen atoms in total. The monoisotopic (exact) mass is 467 g/mol. The van der Waals surface area contributed by atoms with E-state index in [1.165, 1.54) is 35.4 Å². The highest BCUT2D eigenvalue weighted by atomic mass is 32.2. The summed E-state index contributed by atoms with van der Waals surface area (Å²) < 4.78 is 0. The lowest BCUT2D eigenvalue weighted by Gasteiger charge is -2.21. The van der Waals surface area contributed by atoms with E-state index in [-0.39, 0.29) is 5.75 Å². The predicted molar refractivity (Wildman–Crippen MR) is 133 cm³/mol. The summed E-state index contributed by atoms with van der Waals surface area (Å²) in [7, 11) is 0. The van der Waals surface area contributed by atoms with Crippen molar-refractivity contribution < 1.29 is 24.6 Å². The van der Waals surface area contributed by atoms with E-state index < -0.39 is 35.7 Å². The second kappa shape index (κ2) is 16.6. The maximum atomic E-state index is 12.4. The van der Waals surface area contributed by atoms with Crippen molar-refractivity contribution in [2.75, 3.05) is 11.5 Å².